The van der Waals surface area contributed by atoms with E-state index in [0.29, 0.717) is 38.3 Å². The molecule has 0 radical (unpaired) electrons. The summed E-state index contributed by atoms with van der Waals surface area (Å²) in [6.07, 6.45) is 6.09. The number of likely N-dealkylation sites (tertiary alicyclic amines) is 1. The van der Waals surface area contributed by atoms with Crippen molar-refractivity contribution in [3.63, 3.8) is 0 Å². The highest BCUT2D eigenvalue weighted by molar-refractivity contribution is 7.88. The zero-order valence-electron chi connectivity index (χ0n) is 14.7. The van der Waals surface area contributed by atoms with E-state index >= 15 is 0 Å². The molecule has 0 bridgehead atoms. The molecule has 25 heavy (non-hydrogen) atoms. The van der Waals surface area contributed by atoms with E-state index in [1.165, 1.54) is 6.26 Å². The van der Waals surface area contributed by atoms with Crippen molar-refractivity contribution in [2.45, 2.75) is 12.8 Å². The van der Waals surface area contributed by atoms with Crippen LogP contribution in [0.4, 0.5) is 0 Å². The third kappa shape index (κ3) is 3.70. The Bertz CT molecular complexity index is 715. The summed E-state index contributed by atoms with van der Waals surface area (Å²) < 4.78 is 30.9. The Balaban J connectivity index is 1.71. The van der Waals surface area contributed by atoms with Gasteiger partial charge in [0.05, 0.1) is 12.9 Å². The second-order valence-electron chi connectivity index (χ2n) is 7.10. The van der Waals surface area contributed by atoms with Gasteiger partial charge in [0.2, 0.25) is 10.0 Å². The van der Waals surface area contributed by atoms with Gasteiger partial charge >= 0.3 is 0 Å². The Labute approximate surface area is 149 Å². The zero-order valence-corrected chi connectivity index (χ0v) is 15.5. The summed E-state index contributed by atoms with van der Waals surface area (Å²) in [5.41, 5.74) is 0.539. The molecule has 2 fully saturated rings. The topological polar surface area (TPSA) is 79.8 Å². The van der Waals surface area contributed by atoms with Crippen LogP contribution >= 0.6 is 0 Å². The number of ether oxygens (including phenoxy) is 1. The van der Waals surface area contributed by atoms with Gasteiger partial charge in [-0.05, 0) is 30.4 Å². The molecule has 1 aromatic rings. The third-order valence-electron chi connectivity index (χ3n) is 5.59. The van der Waals surface area contributed by atoms with Crippen LogP contribution in [0.25, 0.3) is 0 Å². The third-order valence-corrected chi connectivity index (χ3v) is 6.81. The minimum Gasteiger partial charge on any atom is -0.384 e. The number of carbonyl (C=O) groups is 1. The highest BCUT2D eigenvalue weighted by atomic mass is 32.2. The van der Waals surface area contributed by atoms with E-state index in [0.717, 1.165) is 12.8 Å². The Morgan fingerprint density at radius 1 is 1.32 bits per heavy atom. The molecule has 3 rings (SSSR count). The van der Waals surface area contributed by atoms with Crippen LogP contribution in [0.2, 0.25) is 0 Å². The summed E-state index contributed by atoms with van der Waals surface area (Å²) in [6, 6.07) is 3.45. The molecule has 0 N–H and O–H groups in total. The lowest BCUT2D eigenvalue weighted by molar-refractivity contribution is 0.0327. The fraction of sp³-hybridized carbons (Fsp3) is 0.647. The van der Waals surface area contributed by atoms with Crippen LogP contribution in [0.1, 0.15) is 23.2 Å². The van der Waals surface area contributed by atoms with E-state index in [1.54, 1.807) is 35.9 Å². The molecule has 1 aromatic heterocycles. The quantitative estimate of drug-likeness (QED) is 0.788. The van der Waals surface area contributed by atoms with Crippen LogP contribution in [0.3, 0.4) is 0 Å². The molecule has 0 aromatic carbocycles. The number of methoxy groups -OCH3 is 1. The molecule has 7 nitrogen and oxygen atoms in total. The Morgan fingerprint density at radius 3 is 2.52 bits per heavy atom. The lowest BCUT2D eigenvalue weighted by atomic mass is 9.71. The van der Waals surface area contributed by atoms with Crippen molar-refractivity contribution in [3.8, 4) is 0 Å². The molecule has 3 heterocycles. The van der Waals surface area contributed by atoms with Crippen molar-refractivity contribution in [2.75, 3.05) is 46.2 Å². The first-order chi connectivity index (χ1) is 11.9. The Hall–Kier alpha value is -1.51. The lowest BCUT2D eigenvalue weighted by Gasteiger charge is -2.42. The normalized spacial score (nSPS) is 23.9. The zero-order chi connectivity index (χ0) is 18.1. The van der Waals surface area contributed by atoms with Crippen molar-refractivity contribution < 1.29 is 17.9 Å². The van der Waals surface area contributed by atoms with Gasteiger partial charge in [0.15, 0.2) is 0 Å². The molecule has 2 aliphatic rings. The first-order valence-corrected chi connectivity index (χ1v) is 10.3. The van der Waals surface area contributed by atoms with Gasteiger partial charge in [-0.15, -0.1) is 0 Å². The average Bonchev–Trinajstić information content (AvgIpc) is 2.95. The second kappa shape index (κ2) is 7.01. The van der Waals surface area contributed by atoms with Gasteiger partial charge in [-0.1, -0.05) is 0 Å². The standard InChI is InChI=1S/C17H25N3O4S/c1-24-12-15-11-20(25(2,22)23)13-17(15)5-9-19(10-6-17)16(21)14-3-7-18-8-4-14/h3-4,7-8,15H,5-6,9-13H2,1-2H3/t15-/m0/s1. The van der Waals surface area contributed by atoms with E-state index in [-0.39, 0.29) is 17.2 Å². The van der Waals surface area contributed by atoms with Gasteiger partial charge in [0, 0.05) is 57.2 Å². The molecule has 0 unspecified atom stereocenters. The van der Waals surface area contributed by atoms with Gasteiger partial charge < -0.3 is 9.64 Å². The van der Waals surface area contributed by atoms with Crippen LogP contribution in [0, 0.1) is 11.3 Å². The van der Waals surface area contributed by atoms with Crippen molar-refractivity contribution >= 4 is 15.9 Å². The van der Waals surface area contributed by atoms with Gasteiger partial charge in [0.25, 0.3) is 5.91 Å². The molecule has 8 heteroatoms. The summed E-state index contributed by atoms with van der Waals surface area (Å²) in [6.45, 7) is 2.85. The molecule has 2 aliphatic heterocycles. The number of amides is 1. The minimum absolute atomic E-state index is 0.0125. The van der Waals surface area contributed by atoms with Crippen molar-refractivity contribution in [2.24, 2.45) is 11.3 Å². The number of hydrogen-bond donors (Lipinski definition) is 0. The number of aromatic nitrogens is 1. The monoisotopic (exact) mass is 367 g/mol. The summed E-state index contributed by atoms with van der Waals surface area (Å²) in [5.74, 6) is 0.184. The van der Waals surface area contributed by atoms with E-state index < -0.39 is 10.0 Å². The van der Waals surface area contributed by atoms with Crippen LogP contribution in [0.5, 0.6) is 0 Å². The van der Waals surface area contributed by atoms with Crippen molar-refractivity contribution in [1.82, 2.24) is 14.2 Å². The van der Waals surface area contributed by atoms with Crippen LogP contribution in [0.15, 0.2) is 24.5 Å². The number of hydrogen-bond acceptors (Lipinski definition) is 5. The molecule has 138 valence electrons. The predicted octanol–water partition coefficient (Wildman–Crippen LogP) is 0.842. The summed E-state index contributed by atoms with van der Waals surface area (Å²) >= 11 is 0. The molecule has 0 aliphatic carbocycles. The molecule has 1 spiro atoms. The predicted molar refractivity (Wildman–Crippen MR) is 93.6 cm³/mol. The lowest BCUT2D eigenvalue weighted by Crippen LogP contribution is -2.47. The fourth-order valence-corrected chi connectivity index (χ4v) is 5.01. The van der Waals surface area contributed by atoms with Crippen LogP contribution in [-0.4, -0.2) is 74.7 Å². The SMILES string of the molecule is COC[C@@H]1CN(S(C)(=O)=O)CC12CCN(C(=O)c1ccncc1)CC2. The molecule has 1 atom stereocenters. The molecular weight excluding hydrogens is 342 g/mol. The van der Waals surface area contributed by atoms with Gasteiger partial charge in [-0.3, -0.25) is 9.78 Å². The van der Waals surface area contributed by atoms with Gasteiger partial charge in [-0.25, -0.2) is 12.7 Å². The highest BCUT2D eigenvalue weighted by Gasteiger charge is 2.50. The van der Waals surface area contributed by atoms with E-state index in [9.17, 15) is 13.2 Å². The minimum atomic E-state index is -3.21. The maximum atomic E-state index is 12.6. The van der Waals surface area contributed by atoms with Crippen LogP contribution < -0.4 is 0 Å². The maximum Gasteiger partial charge on any atom is 0.253 e. The van der Waals surface area contributed by atoms with Crippen LogP contribution in [-0.2, 0) is 14.8 Å². The number of pyridine rings is 1. The molecule has 1 amide bonds. The van der Waals surface area contributed by atoms with E-state index in [2.05, 4.69) is 4.98 Å². The molecule has 0 saturated carbocycles. The number of sulfonamides is 1. The number of rotatable bonds is 4. The number of carbonyl (C=O) groups excluding carboxylic acids is 1. The Morgan fingerprint density at radius 2 is 1.96 bits per heavy atom. The van der Waals surface area contributed by atoms with Gasteiger partial charge in [0.1, 0.15) is 0 Å². The number of piperidine rings is 1. The van der Waals surface area contributed by atoms with Crippen molar-refractivity contribution in [1.29, 1.82) is 0 Å². The summed E-state index contributed by atoms with van der Waals surface area (Å²) in [7, 11) is -1.56. The smallest absolute Gasteiger partial charge is 0.253 e. The largest absolute Gasteiger partial charge is 0.384 e. The van der Waals surface area contributed by atoms with E-state index in [1.807, 2.05) is 4.90 Å². The van der Waals surface area contributed by atoms with Crippen molar-refractivity contribution in [3.05, 3.63) is 30.1 Å². The molecule has 2 saturated heterocycles. The molecular formula is C17H25N3O4S. The van der Waals surface area contributed by atoms with Gasteiger partial charge in [-0.2, -0.15) is 0 Å². The first-order valence-electron chi connectivity index (χ1n) is 8.49. The second-order valence-corrected chi connectivity index (χ2v) is 9.08. The Kier molecular flexibility index (Phi) is 5.13. The first kappa shape index (κ1) is 18.3. The maximum absolute atomic E-state index is 12.6. The fourth-order valence-electron chi connectivity index (χ4n) is 4.07. The summed E-state index contributed by atoms with van der Waals surface area (Å²) in [5, 5.41) is 0. The van der Waals surface area contributed by atoms with E-state index in [4.69, 9.17) is 4.74 Å². The summed E-state index contributed by atoms with van der Waals surface area (Å²) in [4.78, 5) is 18.4. The average molecular weight is 367 g/mol. The number of nitrogens with zero attached hydrogens (tertiary/aromatic N) is 3. The highest BCUT2D eigenvalue weighted by Crippen LogP contribution is 2.45.